The zero-order valence-electron chi connectivity index (χ0n) is 6.95. The smallest absolute Gasteiger partial charge is 0.277 e. The monoisotopic (exact) mass is 205 g/mol. The third-order valence-electron chi connectivity index (χ3n) is 2.01. The molecule has 0 saturated heterocycles. The first-order valence-electron chi connectivity index (χ1n) is 3.90. The van der Waals surface area contributed by atoms with Crippen LogP contribution >= 0.6 is 0 Å². The van der Waals surface area contributed by atoms with Crippen LogP contribution in [0.4, 0.5) is 19.1 Å². The third-order valence-corrected chi connectivity index (χ3v) is 2.01. The molecule has 0 radical (unpaired) electrons. The van der Waals surface area contributed by atoms with E-state index in [-0.39, 0.29) is 23.9 Å². The van der Waals surface area contributed by atoms with E-state index in [9.17, 15) is 18.0 Å². The predicted molar refractivity (Wildman–Crippen MR) is 41.9 cm³/mol. The molecule has 0 fully saturated rings. The van der Waals surface area contributed by atoms with E-state index < -0.39 is 11.9 Å². The SMILES string of the molecule is O=c1ccnc2n1CCN2C(F)(F)F. The number of alkyl halides is 3. The molecule has 0 saturated carbocycles. The van der Waals surface area contributed by atoms with Crippen LogP contribution in [0.2, 0.25) is 0 Å². The molecule has 1 aromatic rings. The molecule has 0 unspecified atom stereocenters. The topological polar surface area (TPSA) is 38.1 Å². The molecule has 7 heteroatoms. The lowest BCUT2D eigenvalue weighted by molar-refractivity contribution is -0.128. The van der Waals surface area contributed by atoms with Gasteiger partial charge in [0.15, 0.2) is 0 Å². The van der Waals surface area contributed by atoms with Gasteiger partial charge in [-0.3, -0.25) is 14.3 Å². The first-order valence-corrected chi connectivity index (χ1v) is 3.90. The second kappa shape index (κ2) is 2.73. The van der Waals surface area contributed by atoms with Gasteiger partial charge in [-0.2, -0.15) is 0 Å². The van der Waals surface area contributed by atoms with Crippen molar-refractivity contribution < 1.29 is 13.2 Å². The summed E-state index contributed by atoms with van der Waals surface area (Å²) in [6, 6.07) is 1.14. The van der Waals surface area contributed by atoms with Gasteiger partial charge in [-0.1, -0.05) is 0 Å². The van der Waals surface area contributed by atoms with Crippen molar-refractivity contribution in [2.24, 2.45) is 0 Å². The van der Waals surface area contributed by atoms with Gasteiger partial charge in [0.2, 0.25) is 5.95 Å². The standard InChI is InChI=1S/C7H6F3N3O/c8-7(9,10)13-4-3-12-5(14)1-2-11-6(12)13/h1-2H,3-4H2. The summed E-state index contributed by atoms with van der Waals surface area (Å²) in [5.41, 5.74) is -0.457. The second-order valence-electron chi connectivity index (χ2n) is 2.85. The van der Waals surface area contributed by atoms with E-state index in [1.165, 1.54) is 0 Å². The number of fused-ring (bicyclic) bond motifs is 1. The lowest BCUT2D eigenvalue weighted by Crippen LogP contribution is -2.37. The number of hydrogen-bond acceptors (Lipinski definition) is 3. The van der Waals surface area contributed by atoms with Gasteiger partial charge >= 0.3 is 6.30 Å². The Kier molecular flexibility index (Phi) is 1.76. The summed E-state index contributed by atoms with van der Waals surface area (Å²) in [6.45, 7) is -0.225. The first kappa shape index (κ1) is 9.04. The fourth-order valence-corrected chi connectivity index (χ4v) is 1.39. The molecule has 1 aromatic heterocycles. The summed E-state index contributed by atoms with van der Waals surface area (Å²) >= 11 is 0. The number of rotatable bonds is 0. The van der Waals surface area contributed by atoms with E-state index in [2.05, 4.69) is 4.98 Å². The largest absolute Gasteiger partial charge is 0.487 e. The molecule has 76 valence electrons. The minimum atomic E-state index is -4.47. The van der Waals surface area contributed by atoms with Gasteiger partial charge in [0.1, 0.15) is 0 Å². The maximum Gasteiger partial charge on any atom is 0.487 e. The molecular weight excluding hydrogens is 199 g/mol. The fourth-order valence-electron chi connectivity index (χ4n) is 1.39. The highest BCUT2D eigenvalue weighted by molar-refractivity contribution is 5.35. The summed E-state index contributed by atoms with van der Waals surface area (Å²) in [4.78, 5) is 14.8. The lowest BCUT2D eigenvalue weighted by atomic mass is 10.6. The molecule has 0 amide bonds. The average Bonchev–Trinajstić information content (AvgIpc) is 2.47. The number of halogens is 3. The van der Waals surface area contributed by atoms with Crippen LogP contribution in [0.1, 0.15) is 0 Å². The van der Waals surface area contributed by atoms with Crippen molar-refractivity contribution in [2.75, 3.05) is 11.4 Å². The van der Waals surface area contributed by atoms with Crippen LogP contribution in [0.5, 0.6) is 0 Å². The zero-order valence-corrected chi connectivity index (χ0v) is 6.95. The van der Waals surface area contributed by atoms with E-state index >= 15 is 0 Å². The van der Waals surface area contributed by atoms with Crippen LogP contribution in [0.15, 0.2) is 17.1 Å². The van der Waals surface area contributed by atoms with Crippen LogP contribution in [0.25, 0.3) is 0 Å². The summed E-state index contributed by atoms with van der Waals surface area (Å²) in [6.07, 6.45) is -3.39. The molecule has 0 bridgehead atoms. The van der Waals surface area contributed by atoms with Crippen molar-refractivity contribution in [2.45, 2.75) is 12.8 Å². The van der Waals surface area contributed by atoms with E-state index in [0.717, 1.165) is 16.8 Å². The van der Waals surface area contributed by atoms with Crippen LogP contribution in [0.3, 0.4) is 0 Å². The normalized spacial score (nSPS) is 15.8. The van der Waals surface area contributed by atoms with Gasteiger partial charge in [-0.15, -0.1) is 13.2 Å². The lowest BCUT2D eigenvalue weighted by Gasteiger charge is -2.19. The number of hydrogen-bond donors (Lipinski definition) is 0. The van der Waals surface area contributed by atoms with Gasteiger partial charge in [-0.25, -0.2) is 4.98 Å². The van der Waals surface area contributed by atoms with Crippen molar-refractivity contribution in [3.05, 3.63) is 22.6 Å². The molecule has 0 aromatic carbocycles. The van der Waals surface area contributed by atoms with Gasteiger partial charge in [-0.05, 0) is 0 Å². The van der Waals surface area contributed by atoms with Crippen LogP contribution in [0, 0.1) is 0 Å². The Morgan fingerprint density at radius 2 is 2.07 bits per heavy atom. The average molecular weight is 205 g/mol. The summed E-state index contributed by atoms with van der Waals surface area (Å²) in [5, 5.41) is 0. The van der Waals surface area contributed by atoms with Crippen molar-refractivity contribution >= 4 is 5.95 Å². The minimum absolute atomic E-state index is 0.0293. The molecule has 0 spiro atoms. The van der Waals surface area contributed by atoms with E-state index in [1.54, 1.807) is 0 Å². The van der Waals surface area contributed by atoms with E-state index in [4.69, 9.17) is 0 Å². The van der Waals surface area contributed by atoms with Gasteiger partial charge < -0.3 is 0 Å². The predicted octanol–water partition coefficient (Wildman–Crippen LogP) is 0.583. The molecule has 0 N–H and O–H groups in total. The maximum atomic E-state index is 12.3. The van der Waals surface area contributed by atoms with E-state index in [0.29, 0.717) is 0 Å². The molecule has 0 atom stereocenters. The quantitative estimate of drug-likeness (QED) is 0.581. The highest BCUT2D eigenvalue weighted by Gasteiger charge is 2.42. The Morgan fingerprint density at radius 1 is 1.36 bits per heavy atom. The molecule has 2 rings (SSSR count). The number of nitrogens with zero attached hydrogens (tertiary/aromatic N) is 3. The zero-order chi connectivity index (χ0) is 10.3. The Morgan fingerprint density at radius 3 is 2.71 bits per heavy atom. The molecule has 1 aliphatic rings. The Hall–Kier alpha value is -1.53. The summed E-state index contributed by atoms with van der Waals surface area (Å²) < 4.78 is 38.0. The van der Waals surface area contributed by atoms with Gasteiger partial charge in [0.05, 0.1) is 0 Å². The van der Waals surface area contributed by atoms with Crippen molar-refractivity contribution in [3.8, 4) is 0 Å². The van der Waals surface area contributed by atoms with E-state index in [1.807, 2.05) is 0 Å². The van der Waals surface area contributed by atoms with Crippen molar-refractivity contribution in [1.82, 2.24) is 9.55 Å². The number of anilines is 1. The molecule has 1 aliphatic heterocycles. The van der Waals surface area contributed by atoms with Gasteiger partial charge in [0, 0.05) is 25.4 Å². The van der Waals surface area contributed by atoms with Crippen LogP contribution in [-0.2, 0) is 6.54 Å². The van der Waals surface area contributed by atoms with Crippen LogP contribution < -0.4 is 10.5 Å². The summed E-state index contributed by atoms with van der Waals surface area (Å²) in [7, 11) is 0. The Balaban J connectivity index is 2.51. The van der Waals surface area contributed by atoms with Crippen molar-refractivity contribution in [3.63, 3.8) is 0 Å². The minimum Gasteiger partial charge on any atom is -0.277 e. The molecular formula is C7H6F3N3O. The first-order chi connectivity index (χ1) is 6.50. The second-order valence-corrected chi connectivity index (χ2v) is 2.85. The number of aromatic nitrogens is 2. The molecule has 4 nitrogen and oxygen atoms in total. The molecule has 14 heavy (non-hydrogen) atoms. The fraction of sp³-hybridized carbons (Fsp3) is 0.429. The van der Waals surface area contributed by atoms with Gasteiger partial charge in [0.25, 0.3) is 5.56 Å². The maximum absolute atomic E-state index is 12.3. The molecule has 2 heterocycles. The summed E-state index contributed by atoms with van der Waals surface area (Å²) in [5.74, 6) is -0.329. The van der Waals surface area contributed by atoms with Crippen LogP contribution in [-0.4, -0.2) is 22.4 Å². The van der Waals surface area contributed by atoms with Crippen molar-refractivity contribution in [1.29, 1.82) is 0 Å². The molecule has 0 aliphatic carbocycles. The Bertz CT molecular complexity index is 411. The highest BCUT2D eigenvalue weighted by Crippen LogP contribution is 2.29. The Labute approximate surface area is 76.6 Å². The third kappa shape index (κ3) is 1.24. The highest BCUT2D eigenvalue weighted by atomic mass is 19.4.